The molecule has 4 heteroatoms. The molecule has 0 unspecified atom stereocenters. The third kappa shape index (κ3) is 1.37. The van der Waals surface area contributed by atoms with Crippen molar-refractivity contribution in [2.24, 2.45) is 0 Å². The van der Waals surface area contributed by atoms with Crippen LogP contribution in [0.2, 0.25) is 0 Å². The average molecular weight is 187 g/mol. The van der Waals surface area contributed by atoms with Gasteiger partial charge in [0.05, 0.1) is 17.9 Å². The minimum Gasteiger partial charge on any atom is -0.545 e. The quantitative estimate of drug-likeness (QED) is 0.676. The first-order valence-corrected chi connectivity index (χ1v) is 4.08. The lowest BCUT2D eigenvalue weighted by Crippen LogP contribution is -2.24. The van der Waals surface area contributed by atoms with Gasteiger partial charge in [-0.2, -0.15) is 0 Å². The van der Waals surface area contributed by atoms with E-state index in [9.17, 15) is 9.90 Å². The van der Waals surface area contributed by atoms with Crippen LogP contribution in [0.3, 0.4) is 0 Å². The highest BCUT2D eigenvalue weighted by atomic mass is 16.4. The summed E-state index contributed by atoms with van der Waals surface area (Å²) in [5.41, 5.74) is 0.647. The summed E-state index contributed by atoms with van der Waals surface area (Å²) < 4.78 is 1.68. The number of carboxylic acid groups (broad SMARTS) is 1. The van der Waals surface area contributed by atoms with Crippen molar-refractivity contribution in [3.05, 3.63) is 48.5 Å². The van der Waals surface area contributed by atoms with Crippen LogP contribution in [0.15, 0.2) is 43.0 Å². The summed E-state index contributed by atoms with van der Waals surface area (Å²) in [6.07, 6.45) is 6.43. The Morgan fingerprint density at radius 3 is 2.71 bits per heavy atom. The Morgan fingerprint density at radius 2 is 2.07 bits per heavy atom. The second kappa shape index (κ2) is 3.33. The number of aromatic carboxylic acids is 1. The van der Waals surface area contributed by atoms with Gasteiger partial charge in [-0.05, 0) is 18.2 Å². The Morgan fingerprint density at radius 1 is 1.36 bits per heavy atom. The van der Waals surface area contributed by atoms with Crippen molar-refractivity contribution >= 4 is 5.97 Å². The lowest BCUT2D eigenvalue weighted by molar-refractivity contribution is -0.255. The lowest BCUT2D eigenvalue weighted by atomic mass is 10.2. The molecule has 0 aliphatic heterocycles. The molecule has 70 valence electrons. The van der Waals surface area contributed by atoms with Gasteiger partial charge in [-0.1, -0.05) is 0 Å². The highest BCUT2D eigenvalue weighted by molar-refractivity contribution is 5.89. The molecule has 2 aromatic heterocycles. The van der Waals surface area contributed by atoms with Gasteiger partial charge >= 0.3 is 0 Å². The predicted octanol–water partition coefficient (Wildman–Crippen LogP) is 0.236. The molecule has 0 saturated carbocycles. The minimum absolute atomic E-state index is 0.135. The van der Waals surface area contributed by atoms with Crippen molar-refractivity contribution in [1.29, 1.82) is 0 Å². The number of carboxylic acids is 1. The number of hydrogen-bond acceptors (Lipinski definition) is 3. The molecular formula is C10H7N2O2-. The molecule has 14 heavy (non-hydrogen) atoms. The lowest BCUT2D eigenvalue weighted by Gasteiger charge is -2.09. The van der Waals surface area contributed by atoms with E-state index in [2.05, 4.69) is 4.98 Å². The third-order valence-corrected chi connectivity index (χ3v) is 1.90. The van der Waals surface area contributed by atoms with Gasteiger partial charge in [-0.15, -0.1) is 0 Å². The smallest absolute Gasteiger partial charge is 0.0737 e. The third-order valence-electron chi connectivity index (χ3n) is 1.90. The first kappa shape index (κ1) is 8.50. The Hall–Kier alpha value is -2.10. The fourth-order valence-electron chi connectivity index (χ4n) is 1.26. The number of aromatic nitrogens is 2. The maximum absolute atomic E-state index is 10.8. The summed E-state index contributed by atoms with van der Waals surface area (Å²) in [7, 11) is 0. The molecule has 0 aliphatic rings. The normalized spacial score (nSPS) is 10.0. The summed E-state index contributed by atoms with van der Waals surface area (Å²) in [5, 5.41) is 10.8. The Labute approximate surface area is 80.4 Å². The van der Waals surface area contributed by atoms with Crippen LogP contribution in [0.25, 0.3) is 5.69 Å². The van der Waals surface area contributed by atoms with E-state index in [1.165, 1.54) is 18.5 Å². The van der Waals surface area contributed by atoms with Gasteiger partial charge in [-0.25, -0.2) is 0 Å². The van der Waals surface area contributed by atoms with E-state index in [-0.39, 0.29) is 5.56 Å². The Balaban J connectivity index is 2.58. The molecule has 2 aromatic rings. The molecule has 2 heterocycles. The van der Waals surface area contributed by atoms with Crippen molar-refractivity contribution in [2.75, 3.05) is 0 Å². The fourth-order valence-corrected chi connectivity index (χ4v) is 1.26. The van der Waals surface area contributed by atoms with Crippen molar-refractivity contribution < 1.29 is 9.90 Å². The monoisotopic (exact) mass is 187 g/mol. The van der Waals surface area contributed by atoms with Gasteiger partial charge in [-0.3, -0.25) is 4.98 Å². The van der Waals surface area contributed by atoms with E-state index in [1.54, 1.807) is 17.0 Å². The van der Waals surface area contributed by atoms with E-state index >= 15 is 0 Å². The zero-order valence-corrected chi connectivity index (χ0v) is 7.25. The van der Waals surface area contributed by atoms with Crippen LogP contribution in [-0.4, -0.2) is 15.5 Å². The molecule has 0 amide bonds. The standard InChI is InChI=1S/C10H8N2O2/c13-10(14)8-3-4-11-7-9(8)12-5-1-2-6-12/h1-7H,(H,13,14)/p-1. The number of carbonyl (C=O) groups excluding carboxylic acids is 1. The van der Waals surface area contributed by atoms with Crippen LogP contribution in [-0.2, 0) is 0 Å². The zero-order chi connectivity index (χ0) is 9.97. The van der Waals surface area contributed by atoms with Crippen LogP contribution in [0.5, 0.6) is 0 Å². The van der Waals surface area contributed by atoms with E-state index in [1.807, 2.05) is 12.1 Å². The van der Waals surface area contributed by atoms with Gasteiger partial charge in [0.1, 0.15) is 0 Å². The van der Waals surface area contributed by atoms with Gasteiger partial charge in [0.2, 0.25) is 0 Å². The number of pyridine rings is 1. The number of hydrogen-bond donors (Lipinski definition) is 0. The molecule has 4 nitrogen and oxygen atoms in total. The number of carbonyl (C=O) groups is 1. The van der Waals surface area contributed by atoms with Crippen molar-refractivity contribution in [3.63, 3.8) is 0 Å². The van der Waals surface area contributed by atoms with Crippen LogP contribution in [0.4, 0.5) is 0 Å². The number of rotatable bonds is 2. The van der Waals surface area contributed by atoms with Gasteiger partial charge < -0.3 is 14.5 Å². The predicted molar refractivity (Wildman–Crippen MR) is 47.9 cm³/mol. The molecule has 0 bridgehead atoms. The maximum atomic E-state index is 10.8. The van der Waals surface area contributed by atoms with Gasteiger partial charge in [0, 0.05) is 24.2 Å². The highest BCUT2D eigenvalue weighted by Crippen LogP contribution is 2.11. The SMILES string of the molecule is O=C([O-])c1ccncc1-n1cccc1. The molecule has 0 aliphatic carbocycles. The van der Waals surface area contributed by atoms with Crippen molar-refractivity contribution in [3.8, 4) is 5.69 Å². The molecule has 0 atom stereocenters. The average Bonchev–Trinajstić information content (AvgIpc) is 2.70. The summed E-state index contributed by atoms with van der Waals surface area (Å²) in [5.74, 6) is -1.20. The first-order valence-electron chi connectivity index (χ1n) is 4.08. The van der Waals surface area contributed by atoms with E-state index in [0.717, 1.165) is 0 Å². The van der Waals surface area contributed by atoms with Crippen LogP contribution in [0.1, 0.15) is 10.4 Å². The van der Waals surface area contributed by atoms with E-state index < -0.39 is 5.97 Å². The van der Waals surface area contributed by atoms with Gasteiger partial charge in [0.15, 0.2) is 0 Å². The molecule has 0 saturated heterocycles. The second-order valence-electron chi connectivity index (χ2n) is 2.77. The Kier molecular flexibility index (Phi) is 2.02. The van der Waals surface area contributed by atoms with Crippen molar-refractivity contribution in [2.45, 2.75) is 0 Å². The minimum atomic E-state index is -1.20. The maximum Gasteiger partial charge on any atom is 0.0737 e. The second-order valence-corrected chi connectivity index (χ2v) is 2.77. The fraction of sp³-hybridized carbons (Fsp3) is 0. The summed E-state index contributed by atoms with van der Waals surface area (Å²) >= 11 is 0. The zero-order valence-electron chi connectivity index (χ0n) is 7.25. The molecular weight excluding hydrogens is 180 g/mol. The van der Waals surface area contributed by atoms with E-state index in [0.29, 0.717) is 5.69 Å². The van der Waals surface area contributed by atoms with Crippen LogP contribution in [0, 0.1) is 0 Å². The molecule has 2 rings (SSSR count). The largest absolute Gasteiger partial charge is 0.545 e. The Bertz CT molecular complexity index is 449. The summed E-state index contributed by atoms with van der Waals surface area (Å²) in [6, 6.07) is 5.04. The molecule has 0 radical (unpaired) electrons. The van der Waals surface area contributed by atoms with Crippen molar-refractivity contribution in [1.82, 2.24) is 9.55 Å². The van der Waals surface area contributed by atoms with Crippen LogP contribution >= 0.6 is 0 Å². The summed E-state index contributed by atoms with van der Waals surface area (Å²) in [4.78, 5) is 14.6. The summed E-state index contributed by atoms with van der Waals surface area (Å²) in [6.45, 7) is 0. The molecule has 0 spiro atoms. The van der Waals surface area contributed by atoms with Crippen LogP contribution < -0.4 is 5.11 Å². The highest BCUT2D eigenvalue weighted by Gasteiger charge is 2.03. The first-order chi connectivity index (χ1) is 6.79. The van der Waals surface area contributed by atoms with Gasteiger partial charge in [0.25, 0.3) is 0 Å². The molecule has 0 aromatic carbocycles. The van der Waals surface area contributed by atoms with E-state index in [4.69, 9.17) is 0 Å². The topological polar surface area (TPSA) is 57.9 Å². The number of nitrogens with zero attached hydrogens (tertiary/aromatic N) is 2. The molecule has 0 N–H and O–H groups in total. The molecule has 0 fully saturated rings.